The lowest BCUT2D eigenvalue weighted by Crippen LogP contribution is -2.45. The Morgan fingerprint density at radius 3 is 2.74 bits per heavy atom. The second kappa shape index (κ2) is 5.81. The van der Waals surface area contributed by atoms with Crippen LogP contribution < -0.4 is 5.32 Å². The molecular weight excluding hydrogens is 260 g/mol. The van der Waals surface area contributed by atoms with Crippen LogP contribution in [0.25, 0.3) is 0 Å². The van der Waals surface area contributed by atoms with Gasteiger partial charge in [0.2, 0.25) is 0 Å². The topological polar surface area (TPSA) is 56.0 Å². The minimum absolute atomic E-state index is 0.0805. The largest absolute Gasteiger partial charge is 0.394 e. The number of halogens is 1. The molecule has 0 amide bonds. The summed E-state index contributed by atoms with van der Waals surface area (Å²) in [4.78, 5) is 0. The van der Waals surface area contributed by atoms with Crippen LogP contribution >= 0.6 is 11.6 Å². The van der Waals surface area contributed by atoms with Gasteiger partial charge in [0.05, 0.1) is 23.4 Å². The summed E-state index contributed by atoms with van der Waals surface area (Å²) in [5.41, 5.74) is 0.970. The van der Waals surface area contributed by atoms with Crippen molar-refractivity contribution in [3.8, 4) is 6.07 Å². The zero-order chi connectivity index (χ0) is 13.9. The van der Waals surface area contributed by atoms with Crippen LogP contribution in [0.3, 0.4) is 0 Å². The highest BCUT2D eigenvalue weighted by Crippen LogP contribution is 2.35. The van der Waals surface area contributed by atoms with E-state index in [-0.39, 0.29) is 12.1 Å². The second-order valence-corrected chi connectivity index (χ2v) is 5.98. The molecule has 0 unspecified atom stereocenters. The minimum Gasteiger partial charge on any atom is -0.394 e. The Kier molecular flexibility index (Phi) is 4.34. The van der Waals surface area contributed by atoms with Crippen LogP contribution in [0.15, 0.2) is 18.2 Å². The smallest absolute Gasteiger partial charge is 0.101 e. The molecule has 1 aliphatic rings. The number of anilines is 1. The van der Waals surface area contributed by atoms with Crippen LogP contribution in [0.5, 0.6) is 0 Å². The molecule has 3 nitrogen and oxygen atoms in total. The molecule has 2 N–H and O–H groups in total. The first-order chi connectivity index (χ1) is 9.08. The van der Waals surface area contributed by atoms with E-state index in [9.17, 15) is 5.11 Å². The van der Waals surface area contributed by atoms with Gasteiger partial charge in [0.1, 0.15) is 6.07 Å². The maximum atomic E-state index is 9.74. The van der Waals surface area contributed by atoms with Crippen molar-refractivity contribution >= 4 is 17.3 Å². The molecular formula is C15H19ClN2O. The molecule has 0 aromatic heterocycles. The first-order valence-corrected chi connectivity index (χ1v) is 7.05. The third-order valence-electron chi connectivity index (χ3n) is 4.04. The predicted octanol–water partition coefficient (Wildman–Crippen LogP) is 3.56. The van der Waals surface area contributed by atoms with Crippen molar-refractivity contribution in [1.82, 2.24) is 0 Å². The lowest BCUT2D eigenvalue weighted by Gasteiger charge is -2.39. The predicted molar refractivity (Wildman–Crippen MR) is 77.2 cm³/mol. The van der Waals surface area contributed by atoms with E-state index in [1.807, 2.05) is 0 Å². The van der Waals surface area contributed by atoms with Gasteiger partial charge in [-0.15, -0.1) is 0 Å². The molecule has 0 saturated heterocycles. The number of nitriles is 1. The molecule has 0 atom stereocenters. The maximum absolute atomic E-state index is 9.74. The third kappa shape index (κ3) is 3.20. The van der Waals surface area contributed by atoms with Crippen LogP contribution in [-0.4, -0.2) is 17.3 Å². The van der Waals surface area contributed by atoms with E-state index in [0.717, 1.165) is 31.4 Å². The average molecular weight is 279 g/mol. The van der Waals surface area contributed by atoms with Crippen LogP contribution in [0.4, 0.5) is 5.69 Å². The quantitative estimate of drug-likeness (QED) is 0.889. The molecule has 1 saturated carbocycles. The molecule has 1 aromatic carbocycles. The van der Waals surface area contributed by atoms with Gasteiger partial charge in [-0.05, 0) is 49.8 Å². The Morgan fingerprint density at radius 1 is 1.47 bits per heavy atom. The van der Waals surface area contributed by atoms with Crippen molar-refractivity contribution < 1.29 is 5.11 Å². The molecule has 0 radical (unpaired) electrons. The Labute approximate surface area is 119 Å². The fraction of sp³-hybridized carbons (Fsp3) is 0.533. The fourth-order valence-electron chi connectivity index (χ4n) is 2.64. The van der Waals surface area contributed by atoms with Crippen molar-refractivity contribution in [3.05, 3.63) is 28.8 Å². The number of nitrogens with one attached hydrogen (secondary N) is 1. The first-order valence-electron chi connectivity index (χ1n) is 6.67. The zero-order valence-electron chi connectivity index (χ0n) is 11.1. The Balaban J connectivity index is 2.23. The number of rotatable bonds is 3. The normalized spacial score (nSPS) is 26.7. The minimum atomic E-state index is -0.317. The monoisotopic (exact) mass is 278 g/mol. The Hall–Kier alpha value is -1.24. The number of hydrogen-bond donors (Lipinski definition) is 2. The van der Waals surface area contributed by atoms with Crippen molar-refractivity contribution in [2.24, 2.45) is 5.92 Å². The van der Waals surface area contributed by atoms with E-state index in [4.69, 9.17) is 16.9 Å². The summed E-state index contributed by atoms with van der Waals surface area (Å²) in [7, 11) is 0. The van der Waals surface area contributed by atoms with Crippen molar-refractivity contribution in [2.45, 2.75) is 38.1 Å². The summed E-state index contributed by atoms with van der Waals surface area (Å²) >= 11 is 5.99. The van der Waals surface area contributed by atoms with Crippen LogP contribution in [-0.2, 0) is 0 Å². The number of benzene rings is 1. The summed E-state index contributed by atoms with van der Waals surface area (Å²) in [6.07, 6.45) is 4.02. The molecule has 0 aliphatic heterocycles. The van der Waals surface area contributed by atoms with Crippen LogP contribution in [0, 0.1) is 17.2 Å². The average Bonchev–Trinajstić information content (AvgIpc) is 2.42. The van der Waals surface area contributed by atoms with Crippen molar-refractivity contribution in [1.29, 1.82) is 5.26 Å². The van der Waals surface area contributed by atoms with Gasteiger partial charge in [-0.25, -0.2) is 0 Å². The highest BCUT2D eigenvalue weighted by Gasteiger charge is 2.34. The van der Waals surface area contributed by atoms with E-state index in [1.54, 1.807) is 18.2 Å². The first kappa shape index (κ1) is 14.2. The van der Waals surface area contributed by atoms with Gasteiger partial charge in [0.15, 0.2) is 0 Å². The molecule has 102 valence electrons. The third-order valence-corrected chi connectivity index (χ3v) is 4.27. The molecule has 0 bridgehead atoms. The molecule has 4 heteroatoms. The lowest BCUT2D eigenvalue weighted by molar-refractivity contribution is 0.155. The van der Waals surface area contributed by atoms with E-state index in [1.165, 1.54) is 0 Å². The fourth-order valence-corrected chi connectivity index (χ4v) is 2.81. The standard InChI is InChI=1S/C15H19ClN2O/c1-11-4-6-15(10-19,7-5-11)18-14-8-13(16)3-2-12(14)9-17/h2-3,8,11,18-19H,4-7,10H2,1H3. The molecule has 2 rings (SSSR count). The van der Waals surface area contributed by atoms with Gasteiger partial charge in [0.25, 0.3) is 0 Å². The van der Waals surface area contributed by atoms with Crippen LogP contribution in [0.2, 0.25) is 5.02 Å². The highest BCUT2D eigenvalue weighted by molar-refractivity contribution is 6.30. The summed E-state index contributed by atoms with van der Waals surface area (Å²) in [5.74, 6) is 0.705. The summed E-state index contributed by atoms with van der Waals surface area (Å²) < 4.78 is 0. The van der Waals surface area contributed by atoms with Gasteiger partial charge in [-0.1, -0.05) is 18.5 Å². The summed E-state index contributed by atoms with van der Waals surface area (Å²) in [6.45, 7) is 2.32. The van der Waals surface area contributed by atoms with Gasteiger partial charge in [-0.2, -0.15) is 5.26 Å². The number of aliphatic hydroxyl groups is 1. The van der Waals surface area contributed by atoms with Gasteiger partial charge in [-0.3, -0.25) is 0 Å². The number of hydrogen-bond acceptors (Lipinski definition) is 3. The van der Waals surface area contributed by atoms with E-state index < -0.39 is 0 Å². The maximum Gasteiger partial charge on any atom is 0.101 e. The van der Waals surface area contributed by atoms with Gasteiger partial charge in [0, 0.05) is 5.02 Å². The van der Waals surface area contributed by atoms with E-state index in [2.05, 4.69) is 18.3 Å². The van der Waals surface area contributed by atoms with Crippen LogP contribution in [0.1, 0.15) is 38.2 Å². The lowest BCUT2D eigenvalue weighted by atomic mass is 9.77. The molecule has 1 aliphatic carbocycles. The number of nitrogens with zero attached hydrogens (tertiary/aromatic N) is 1. The molecule has 1 aromatic rings. The Morgan fingerprint density at radius 2 is 2.16 bits per heavy atom. The zero-order valence-corrected chi connectivity index (χ0v) is 11.9. The van der Waals surface area contributed by atoms with Gasteiger partial charge < -0.3 is 10.4 Å². The number of aliphatic hydroxyl groups excluding tert-OH is 1. The van der Waals surface area contributed by atoms with Crippen molar-refractivity contribution in [3.63, 3.8) is 0 Å². The highest BCUT2D eigenvalue weighted by atomic mass is 35.5. The molecule has 1 fully saturated rings. The SMILES string of the molecule is CC1CCC(CO)(Nc2cc(Cl)ccc2C#N)CC1. The second-order valence-electron chi connectivity index (χ2n) is 5.55. The molecule has 0 spiro atoms. The Bertz CT molecular complexity index is 487. The van der Waals surface area contributed by atoms with Gasteiger partial charge >= 0.3 is 0 Å². The summed E-state index contributed by atoms with van der Waals surface area (Å²) in [5, 5.41) is 22.8. The van der Waals surface area contributed by atoms with E-state index >= 15 is 0 Å². The summed E-state index contributed by atoms with van der Waals surface area (Å²) in [6, 6.07) is 7.34. The van der Waals surface area contributed by atoms with E-state index in [0.29, 0.717) is 16.5 Å². The molecule has 19 heavy (non-hydrogen) atoms. The van der Waals surface area contributed by atoms with Crippen molar-refractivity contribution in [2.75, 3.05) is 11.9 Å². The molecule has 0 heterocycles.